The Balaban J connectivity index is 3.79. The van der Waals surface area contributed by atoms with Crippen molar-refractivity contribution in [2.24, 2.45) is 0 Å². The minimum absolute atomic E-state index is 1.16. The summed E-state index contributed by atoms with van der Waals surface area (Å²) in [7, 11) is 6.31. The molecule has 14 heavy (non-hydrogen) atoms. The third kappa shape index (κ3) is 12.8. The van der Waals surface area contributed by atoms with Crippen molar-refractivity contribution >= 4 is 88.0 Å². The molecule has 0 nitrogen and oxygen atoms in total. The van der Waals surface area contributed by atoms with Crippen LogP contribution in [0.3, 0.4) is 0 Å². The Morgan fingerprint density at radius 2 is 1.36 bits per heavy atom. The Kier molecular flexibility index (Phi) is 14.6. The van der Waals surface area contributed by atoms with Gasteiger partial charge in [0.1, 0.15) is 0 Å². The van der Waals surface area contributed by atoms with Crippen molar-refractivity contribution in [1.82, 2.24) is 0 Å². The fourth-order valence-corrected chi connectivity index (χ4v) is 0.857. The molecule has 0 spiro atoms. The molecule has 0 bridgehead atoms. The molecule has 0 saturated heterocycles. The monoisotopic (exact) mass is 179 g/mol. The van der Waals surface area contributed by atoms with Gasteiger partial charge in [-0.2, -0.15) is 0 Å². The van der Waals surface area contributed by atoms with Gasteiger partial charge in [0, 0.05) is 0 Å². The Hall–Kier alpha value is 0.794. The third-order valence-corrected chi connectivity index (χ3v) is 1.60. The summed E-state index contributed by atoms with van der Waals surface area (Å²) in [6.45, 7) is 20.8. The zero-order valence-electron chi connectivity index (χ0n) is 8.30. The van der Waals surface area contributed by atoms with Gasteiger partial charge in [0.15, 0.2) is 0 Å². The van der Waals surface area contributed by atoms with Crippen LogP contribution in [0.15, 0.2) is 0 Å². The fourth-order valence-electron chi connectivity index (χ4n) is 0.622. The van der Waals surface area contributed by atoms with Crippen LogP contribution in [0.25, 0.3) is 0 Å². The van der Waals surface area contributed by atoms with Crippen molar-refractivity contribution in [3.05, 3.63) is 0 Å². The van der Waals surface area contributed by atoms with Crippen LogP contribution >= 0.6 is 8.20 Å². The average Bonchev–Trinajstić information content (AvgIpc) is 2.21. The van der Waals surface area contributed by atoms with E-state index in [1.807, 2.05) is 60.3 Å². The summed E-state index contributed by atoms with van der Waals surface area (Å²) in [5.41, 5.74) is 0. The summed E-state index contributed by atoms with van der Waals surface area (Å²) >= 11 is 0. The first kappa shape index (κ1) is 14.8. The van der Waals surface area contributed by atoms with Crippen molar-refractivity contribution < 1.29 is 0 Å². The Bertz CT molecular complexity index is 316. The number of rotatable bonds is 5. The van der Waals surface area contributed by atoms with Crippen LogP contribution in [0.5, 0.6) is 0 Å². The van der Waals surface area contributed by atoms with E-state index in [0.717, 1.165) is 8.20 Å². The first-order valence-corrected chi connectivity index (χ1v) is 5.63. The predicted octanol–water partition coefficient (Wildman–Crippen LogP) is -3.44. The van der Waals surface area contributed by atoms with Crippen molar-refractivity contribution in [1.29, 1.82) is 0 Å². The topological polar surface area (TPSA) is 0 Å². The fraction of sp³-hybridized carbons (Fsp3) is 0.500. The van der Waals surface area contributed by atoms with E-state index in [2.05, 4.69) is 5.34 Å². The summed E-state index contributed by atoms with van der Waals surface area (Å²) in [6, 6.07) is 0. The molecule has 0 heterocycles. The Morgan fingerprint density at radius 1 is 0.857 bits per heavy atom. The maximum atomic E-state index is 5.15. The number of hydrogen-bond acceptors (Lipinski definition) is 0. The average molecular weight is 177 g/mol. The molecule has 1 radical (unpaired) electrons. The first-order chi connectivity index (χ1) is 6.91. The standard InChI is InChI=1S/C2H3B11P/c1-14-2-4-6-8-10-12-13-11-9-7-5-3/h1H3. The van der Waals surface area contributed by atoms with Crippen molar-refractivity contribution in [3.8, 4) is 0 Å². The van der Waals surface area contributed by atoms with Gasteiger partial charge in [0.25, 0.3) is 0 Å². The van der Waals surface area contributed by atoms with E-state index >= 15 is 0 Å². The molecule has 0 fully saturated rings. The summed E-state index contributed by atoms with van der Waals surface area (Å²) in [5, 5.41) is 3.05. The second kappa shape index (κ2) is 13.8. The summed E-state index contributed by atoms with van der Waals surface area (Å²) in [5.74, 6) is 0. The molecule has 0 aromatic heterocycles. The van der Waals surface area contributed by atoms with Crippen LogP contribution in [-0.4, -0.2) is 86.4 Å². The van der Waals surface area contributed by atoms with E-state index in [9.17, 15) is 0 Å². The molecule has 0 aromatic rings. The molecule has 0 unspecified atom stereocenters. The van der Waals surface area contributed by atoms with Crippen LogP contribution in [0.4, 0.5) is 0 Å². The van der Waals surface area contributed by atoms with Gasteiger partial charge in [-0.1, -0.05) is 0 Å². The van der Waals surface area contributed by atoms with E-state index in [1.54, 1.807) is 6.69 Å². The molecule has 0 aliphatic heterocycles. The van der Waals surface area contributed by atoms with Crippen molar-refractivity contribution in [2.75, 3.05) is 6.66 Å². The van der Waals surface area contributed by atoms with Gasteiger partial charge in [-0.05, 0) is 0 Å². The zero-order chi connectivity index (χ0) is 10.5. The zero-order valence-corrected chi connectivity index (χ0v) is 9.19. The summed E-state index contributed by atoms with van der Waals surface area (Å²) in [4.78, 5) is 0. The van der Waals surface area contributed by atoms with Crippen LogP contribution in [0, 0.1) is 0 Å². The third-order valence-electron chi connectivity index (χ3n) is 1.19. The van der Waals surface area contributed by atoms with Crippen molar-refractivity contribution in [2.45, 2.75) is 0 Å². The maximum absolute atomic E-state index is 5.15. The van der Waals surface area contributed by atoms with Gasteiger partial charge in [-0.3, -0.25) is 0 Å². The molecule has 0 aliphatic rings. The molecule has 12 heteroatoms. The molecule has 49 valence electrons. The van der Waals surface area contributed by atoms with E-state index in [0.29, 0.717) is 0 Å². The van der Waals surface area contributed by atoms with Crippen LogP contribution in [0.1, 0.15) is 0 Å². The Labute approximate surface area is 94.7 Å². The molecule has 0 atom stereocenters. The quantitative estimate of drug-likeness (QED) is 0.302. The second-order valence-corrected chi connectivity index (χ2v) is 2.96. The first-order valence-electron chi connectivity index (χ1n) is 4.29. The minimum atomic E-state index is 1.16. The van der Waals surface area contributed by atoms with Gasteiger partial charge >= 0.3 is 94.6 Å². The van der Waals surface area contributed by atoms with Crippen LogP contribution in [-0.2, 0) is 0 Å². The van der Waals surface area contributed by atoms with E-state index < -0.39 is 0 Å². The molecule has 0 amide bonds. The van der Waals surface area contributed by atoms with E-state index in [1.165, 1.54) is 6.69 Å². The Morgan fingerprint density at radius 3 is 1.86 bits per heavy atom. The normalized spacial score (nSPS) is 6.86. The molecule has 0 saturated carbocycles. The summed E-state index contributed by atoms with van der Waals surface area (Å²) < 4.78 is 0. The van der Waals surface area contributed by atoms with Gasteiger partial charge < -0.3 is 0 Å². The second-order valence-electron chi connectivity index (χ2n) is 2.25. The SMILES string of the molecule is [B]=BB=BB=BB=BB=BB=C=PC. The van der Waals surface area contributed by atoms with Gasteiger partial charge in [0.2, 0.25) is 0 Å². The molecule has 0 N–H and O–H groups in total. The molecular formula is C2H3B11P. The molecule has 0 rings (SSSR count). The number of hydrogen-bond donors (Lipinski definition) is 0. The van der Waals surface area contributed by atoms with Gasteiger partial charge in [-0.25, -0.2) is 0 Å². The summed E-state index contributed by atoms with van der Waals surface area (Å²) in [6.07, 6.45) is 0. The van der Waals surface area contributed by atoms with Gasteiger partial charge in [0.05, 0.1) is 0 Å². The molecule has 0 aromatic carbocycles. The van der Waals surface area contributed by atoms with Crippen molar-refractivity contribution in [3.63, 3.8) is 0 Å². The molecule has 0 aliphatic carbocycles. The molecular weight excluding hydrogens is 174 g/mol. The van der Waals surface area contributed by atoms with Gasteiger partial charge in [-0.15, -0.1) is 0 Å². The van der Waals surface area contributed by atoms with Crippen LogP contribution in [0.2, 0.25) is 0 Å². The van der Waals surface area contributed by atoms with Crippen LogP contribution < -0.4 is 0 Å². The van der Waals surface area contributed by atoms with E-state index in [4.69, 9.17) is 7.37 Å². The predicted molar refractivity (Wildman–Crippen MR) is 81.1 cm³/mol. The van der Waals surface area contributed by atoms with E-state index in [-0.39, 0.29) is 0 Å².